The van der Waals surface area contributed by atoms with Crippen molar-refractivity contribution in [3.8, 4) is 0 Å². The number of aliphatic hydroxyl groups is 1. The fraction of sp³-hybridized carbons (Fsp3) is 0.909. The Hall–Kier alpha value is -0.830. The molecule has 0 radical (unpaired) electrons. The van der Waals surface area contributed by atoms with E-state index in [2.05, 4.69) is 48.1 Å². The molecule has 1 spiro atoms. The minimum Gasteiger partial charge on any atom is -0.461 e. The van der Waals surface area contributed by atoms with Crippen LogP contribution in [0.15, 0.2) is 12.2 Å². The van der Waals surface area contributed by atoms with Crippen LogP contribution in [0.2, 0.25) is 0 Å². The standard InChI is InChI=1S/C33H52O3/c1-8-20(4)26-22-19-32(28(35)36-22)18-17-30(7)21(27(26)32)11-12-24-31(9-2)15-14-25(34)29(5,6)23(31)13-16-33(24,30)10-3/h21-27,34H,4,8-19H2,1-3,5-7H3/t21-,22-,23+,24+,25+,26+,27-,30-,31+,32-,33+/m1/s1. The van der Waals surface area contributed by atoms with E-state index >= 15 is 0 Å². The number of aliphatic hydroxyl groups excluding tert-OH is 1. The van der Waals surface area contributed by atoms with E-state index in [4.69, 9.17) is 4.74 Å². The predicted octanol–water partition coefficient (Wildman–Crippen LogP) is 7.71. The van der Waals surface area contributed by atoms with Gasteiger partial charge in [-0.15, -0.1) is 0 Å². The van der Waals surface area contributed by atoms with Gasteiger partial charge in [0.15, 0.2) is 0 Å². The van der Waals surface area contributed by atoms with Gasteiger partial charge in [0.05, 0.1) is 11.5 Å². The molecule has 1 heterocycles. The van der Waals surface area contributed by atoms with Crippen molar-refractivity contribution < 1.29 is 14.6 Å². The molecule has 202 valence electrons. The van der Waals surface area contributed by atoms with Crippen LogP contribution in [0.1, 0.15) is 119 Å². The number of carbonyl (C=O) groups is 1. The van der Waals surface area contributed by atoms with Gasteiger partial charge in [-0.1, -0.05) is 53.7 Å². The monoisotopic (exact) mass is 496 g/mol. The molecule has 0 amide bonds. The van der Waals surface area contributed by atoms with Gasteiger partial charge in [0.25, 0.3) is 0 Å². The molecule has 36 heavy (non-hydrogen) atoms. The Bertz CT molecular complexity index is 953. The van der Waals surface area contributed by atoms with Crippen molar-refractivity contribution in [1.82, 2.24) is 0 Å². The molecule has 5 saturated carbocycles. The summed E-state index contributed by atoms with van der Waals surface area (Å²) >= 11 is 0. The third-order valence-corrected chi connectivity index (χ3v) is 14.7. The van der Waals surface area contributed by atoms with Gasteiger partial charge in [0.2, 0.25) is 0 Å². The van der Waals surface area contributed by atoms with Gasteiger partial charge in [-0.2, -0.15) is 0 Å². The molecular weight excluding hydrogens is 444 g/mol. The van der Waals surface area contributed by atoms with Crippen LogP contribution in [0.4, 0.5) is 0 Å². The lowest BCUT2D eigenvalue weighted by atomic mass is 9.30. The normalized spacial score (nSPS) is 54.6. The van der Waals surface area contributed by atoms with E-state index in [0.717, 1.165) is 31.6 Å². The summed E-state index contributed by atoms with van der Waals surface area (Å²) in [7, 11) is 0. The van der Waals surface area contributed by atoms with Gasteiger partial charge in [0, 0.05) is 12.3 Å². The first-order valence-corrected chi connectivity index (χ1v) is 15.6. The largest absolute Gasteiger partial charge is 0.461 e. The molecule has 5 aliphatic carbocycles. The zero-order valence-electron chi connectivity index (χ0n) is 24.0. The highest BCUT2D eigenvalue weighted by Crippen LogP contribution is 2.79. The van der Waals surface area contributed by atoms with Crippen molar-refractivity contribution in [2.75, 3.05) is 0 Å². The maximum absolute atomic E-state index is 13.4. The van der Waals surface area contributed by atoms with Gasteiger partial charge in [-0.3, -0.25) is 4.79 Å². The van der Waals surface area contributed by atoms with Crippen molar-refractivity contribution in [2.45, 2.75) is 131 Å². The molecule has 1 saturated heterocycles. The Morgan fingerprint density at radius 3 is 2.39 bits per heavy atom. The lowest BCUT2D eigenvalue weighted by molar-refractivity contribution is -0.263. The number of hydrogen-bond acceptors (Lipinski definition) is 3. The van der Waals surface area contributed by atoms with E-state index < -0.39 is 0 Å². The Labute approximate surface area is 220 Å². The maximum Gasteiger partial charge on any atom is 0.312 e. The Kier molecular flexibility index (Phi) is 5.55. The van der Waals surface area contributed by atoms with Crippen LogP contribution in [0.3, 0.4) is 0 Å². The molecule has 6 aliphatic rings. The van der Waals surface area contributed by atoms with Crippen molar-refractivity contribution in [1.29, 1.82) is 0 Å². The first-order valence-electron chi connectivity index (χ1n) is 15.6. The molecule has 2 bridgehead atoms. The second-order valence-corrected chi connectivity index (χ2v) is 15.1. The van der Waals surface area contributed by atoms with Gasteiger partial charge < -0.3 is 9.84 Å². The first kappa shape index (κ1) is 25.4. The van der Waals surface area contributed by atoms with E-state index in [-0.39, 0.29) is 34.4 Å². The molecule has 0 unspecified atom stereocenters. The predicted molar refractivity (Wildman–Crippen MR) is 144 cm³/mol. The maximum atomic E-state index is 13.4. The van der Waals surface area contributed by atoms with Crippen molar-refractivity contribution >= 4 is 5.97 Å². The van der Waals surface area contributed by atoms with Crippen molar-refractivity contribution in [2.24, 2.45) is 56.7 Å². The molecule has 0 aromatic rings. The minimum atomic E-state index is -0.240. The summed E-state index contributed by atoms with van der Waals surface area (Å²) in [6.45, 7) is 19.2. The molecule has 0 aromatic carbocycles. The Morgan fingerprint density at radius 1 is 0.972 bits per heavy atom. The van der Waals surface area contributed by atoms with Crippen LogP contribution < -0.4 is 0 Å². The van der Waals surface area contributed by atoms with Crippen molar-refractivity contribution in [3.63, 3.8) is 0 Å². The zero-order valence-corrected chi connectivity index (χ0v) is 24.0. The summed E-state index contributed by atoms with van der Waals surface area (Å²) in [4.78, 5) is 13.4. The van der Waals surface area contributed by atoms with Crippen LogP contribution >= 0.6 is 0 Å². The molecule has 3 nitrogen and oxygen atoms in total. The number of ether oxygens (including phenoxy) is 1. The third-order valence-electron chi connectivity index (χ3n) is 14.7. The summed E-state index contributed by atoms with van der Waals surface area (Å²) < 4.78 is 6.04. The highest BCUT2D eigenvalue weighted by molar-refractivity contribution is 5.81. The highest BCUT2D eigenvalue weighted by atomic mass is 16.6. The molecule has 6 rings (SSSR count). The molecule has 3 heteroatoms. The van der Waals surface area contributed by atoms with Crippen molar-refractivity contribution in [3.05, 3.63) is 12.2 Å². The molecule has 0 aromatic heterocycles. The molecule has 1 aliphatic heterocycles. The average molecular weight is 497 g/mol. The molecule has 1 N–H and O–H groups in total. The summed E-state index contributed by atoms with van der Waals surface area (Å²) in [5, 5.41) is 11.1. The quantitative estimate of drug-likeness (QED) is 0.320. The van der Waals surface area contributed by atoms with E-state index in [9.17, 15) is 9.90 Å². The fourth-order valence-electron chi connectivity index (χ4n) is 12.9. The topological polar surface area (TPSA) is 46.5 Å². The lowest BCUT2D eigenvalue weighted by Gasteiger charge is -2.74. The van der Waals surface area contributed by atoms with Gasteiger partial charge >= 0.3 is 5.97 Å². The summed E-state index contributed by atoms with van der Waals surface area (Å²) in [5.74, 6) is 2.87. The van der Waals surface area contributed by atoms with Crippen LogP contribution in [0.5, 0.6) is 0 Å². The van der Waals surface area contributed by atoms with E-state index in [1.165, 1.54) is 56.9 Å². The number of rotatable bonds is 4. The minimum absolute atomic E-state index is 0.000856. The fourth-order valence-corrected chi connectivity index (χ4v) is 12.9. The van der Waals surface area contributed by atoms with E-state index in [1.807, 2.05) is 0 Å². The third kappa shape index (κ3) is 2.68. The summed E-state index contributed by atoms with van der Waals surface area (Å²) in [6, 6.07) is 0. The van der Waals surface area contributed by atoms with Gasteiger partial charge in [-0.25, -0.2) is 0 Å². The average Bonchev–Trinajstić information content (AvgIpc) is 3.36. The van der Waals surface area contributed by atoms with E-state index in [0.29, 0.717) is 34.5 Å². The lowest BCUT2D eigenvalue weighted by Crippen LogP contribution is -2.68. The summed E-state index contributed by atoms with van der Waals surface area (Å²) in [6.07, 6.45) is 13.9. The Balaban J connectivity index is 1.45. The van der Waals surface area contributed by atoms with E-state index in [1.54, 1.807) is 0 Å². The second kappa shape index (κ2) is 7.86. The smallest absolute Gasteiger partial charge is 0.312 e. The van der Waals surface area contributed by atoms with Gasteiger partial charge in [0.1, 0.15) is 6.10 Å². The Morgan fingerprint density at radius 2 is 1.72 bits per heavy atom. The highest BCUT2D eigenvalue weighted by Gasteiger charge is 2.76. The number of hydrogen-bond donors (Lipinski definition) is 1. The second-order valence-electron chi connectivity index (χ2n) is 15.1. The zero-order chi connectivity index (χ0) is 25.9. The summed E-state index contributed by atoms with van der Waals surface area (Å²) in [5.41, 5.74) is 2.04. The van der Waals surface area contributed by atoms with Gasteiger partial charge in [-0.05, 0) is 116 Å². The number of carbonyl (C=O) groups excluding carboxylic acids is 1. The van der Waals surface area contributed by atoms with Crippen LogP contribution in [-0.4, -0.2) is 23.3 Å². The molecular formula is C33H52O3. The molecule has 11 atom stereocenters. The van der Waals surface area contributed by atoms with Crippen LogP contribution in [0, 0.1) is 56.7 Å². The molecule has 6 fully saturated rings. The first-order chi connectivity index (χ1) is 17.0. The van der Waals surface area contributed by atoms with Crippen LogP contribution in [0.25, 0.3) is 0 Å². The number of esters is 1. The number of fused-ring (bicyclic) bond motifs is 7. The SMILES string of the molecule is C=C(CC)[C@@H]1[C@H]2[C@H]3CC[C@H]4[C@@]5(CC)CC[C@H](O)C(C)(C)[C@@H]5CC[C@]4(CC)[C@]3(C)CC[C@@]23C[C@H]1OC3=O. The van der Waals surface area contributed by atoms with Crippen LogP contribution in [-0.2, 0) is 9.53 Å².